The first-order chi connectivity index (χ1) is 16.8. The molecular formula is C34H58. The minimum Gasteiger partial charge on any atom is -0.0985 e. The Kier molecular flexibility index (Phi) is 20.0. The van der Waals surface area contributed by atoms with Crippen molar-refractivity contribution in [3.05, 3.63) is 47.5 Å². The Morgan fingerprint density at radius 1 is 0.441 bits per heavy atom. The molecule has 0 N–H and O–H groups in total. The lowest BCUT2D eigenvalue weighted by atomic mass is 9.92. The van der Waals surface area contributed by atoms with Gasteiger partial charge in [-0.3, -0.25) is 0 Å². The van der Waals surface area contributed by atoms with Crippen LogP contribution in [-0.2, 0) is 12.8 Å². The fraction of sp³-hybridized carbons (Fsp3) is 0.706. The summed E-state index contributed by atoms with van der Waals surface area (Å²) >= 11 is 0. The molecule has 1 rings (SSSR count). The van der Waals surface area contributed by atoms with Crippen molar-refractivity contribution in [1.82, 2.24) is 0 Å². The van der Waals surface area contributed by atoms with Crippen molar-refractivity contribution in [1.29, 1.82) is 0 Å². The molecular weight excluding hydrogens is 408 g/mol. The van der Waals surface area contributed by atoms with E-state index in [-0.39, 0.29) is 0 Å². The second-order valence-electron chi connectivity index (χ2n) is 10.5. The highest BCUT2D eigenvalue weighted by Gasteiger charge is 2.07. The normalized spacial score (nSPS) is 11.1. The lowest BCUT2D eigenvalue weighted by molar-refractivity contribution is 0.555. The predicted octanol–water partition coefficient (Wildman–Crippen LogP) is 11.9. The highest BCUT2D eigenvalue weighted by Crippen LogP contribution is 2.24. The predicted molar refractivity (Wildman–Crippen MR) is 158 cm³/mol. The highest BCUT2D eigenvalue weighted by molar-refractivity contribution is 5.61. The molecule has 0 spiro atoms. The van der Waals surface area contributed by atoms with Gasteiger partial charge >= 0.3 is 0 Å². The zero-order valence-corrected chi connectivity index (χ0v) is 23.3. The molecule has 0 heteroatoms. The van der Waals surface area contributed by atoms with E-state index in [2.05, 4.69) is 51.3 Å². The van der Waals surface area contributed by atoms with Crippen LogP contribution in [0.25, 0.3) is 12.2 Å². The van der Waals surface area contributed by atoms with Gasteiger partial charge in [0.2, 0.25) is 0 Å². The molecule has 0 nitrogen and oxygen atoms in total. The SMILES string of the molecule is C=Cc1cc(CCCCCCCCCCCC)c(C=C)cc1CCCCCCCCCCCC. The molecule has 0 amide bonds. The highest BCUT2D eigenvalue weighted by atomic mass is 14.1. The van der Waals surface area contributed by atoms with Gasteiger partial charge in [-0.25, -0.2) is 0 Å². The quantitative estimate of drug-likeness (QED) is 0.133. The van der Waals surface area contributed by atoms with Gasteiger partial charge in [0.1, 0.15) is 0 Å². The van der Waals surface area contributed by atoms with Crippen LogP contribution >= 0.6 is 0 Å². The average molecular weight is 467 g/mol. The zero-order chi connectivity index (χ0) is 24.7. The van der Waals surface area contributed by atoms with Crippen LogP contribution in [0.3, 0.4) is 0 Å². The summed E-state index contributed by atoms with van der Waals surface area (Å²) in [4.78, 5) is 0. The molecule has 0 heterocycles. The molecule has 1 aromatic carbocycles. The van der Waals surface area contributed by atoms with Gasteiger partial charge in [-0.05, 0) is 47.9 Å². The van der Waals surface area contributed by atoms with Crippen LogP contribution in [0, 0.1) is 0 Å². The van der Waals surface area contributed by atoms with E-state index >= 15 is 0 Å². The van der Waals surface area contributed by atoms with Crippen LogP contribution < -0.4 is 0 Å². The summed E-state index contributed by atoms with van der Waals surface area (Å²) in [6.07, 6.45) is 34.4. The molecule has 0 unspecified atom stereocenters. The summed E-state index contributed by atoms with van der Waals surface area (Å²) in [6, 6.07) is 4.81. The summed E-state index contributed by atoms with van der Waals surface area (Å²) in [6.45, 7) is 12.8. The summed E-state index contributed by atoms with van der Waals surface area (Å²) < 4.78 is 0. The van der Waals surface area contributed by atoms with E-state index in [1.807, 2.05) is 0 Å². The molecule has 0 fully saturated rings. The van der Waals surface area contributed by atoms with Crippen LogP contribution in [0.2, 0.25) is 0 Å². The first-order valence-electron chi connectivity index (χ1n) is 15.2. The van der Waals surface area contributed by atoms with Crippen LogP contribution in [0.1, 0.15) is 165 Å². The Balaban J connectivity index is 2.29. The average Bonchev–Trinajstić information content (AvgIpc) is 2.86. The standard InChI is InChI=1S/C34H58/c1-5-9-11-13-15-17-19-21-23-25-27-33-29-32(8-4)34(30-31(33)7-3)28-26-24-22-20-18-16-14-12-10-6-2/h7-8,29-30H,3-6,9-28H2,1-2H3. The molecule has 194 valence electrons. The minimum absolute atomic E-state index is 1.18. The van der Waals surface area contributed by atoms with E-state index in [4.69, 9.17) is 0 Å². The second-order valence-corrected chi connectivity index (χ2v) is 10.5. The van der Waals surface area contributed by atoms with Crippen LogP contribution in [0.15, 0.2) is 25.3 Å². The summed E-state index contributed by atoms with van der Waals surface area (Å²) in [5.74, 6) is 0. The van der Waals surface area contributed by atoms with E-state index in [0.717, 1.165) is 0 Å². The van der Waals surface area contributed by atoms with Crippen LogP contribution in [0.4, 0.5) is 0 Å². The third kappa shape index (κ3) is 14.9. The third-order valence-corrected chi connectivity index (χ3v) is 7.44. The fourth-order valence-corrected chi connectivity index (χ4v) is 5.15. The number of hydrogen-bond acceptors (Lipinski definition) is 0. The maximum absolute atomic E-state index is 4.12. The molecule has 34 heavy (non-hydrogen) atoms. The van der Waals surface area contributed by atoms with Crippen molar-refractivity contribution in [2.75, 3.05) is 0 Å². The van der Waals surface area contributed by atoms with E-state index in [0.29, 0.717) is 0 Å². The molecule has 0 atom stereocenters. The molecule has 0 saturated carbocycles. The lowest BCUT2D eigenvalue weighted by Crippen LogP contribution is -1.98. The van der Waals surface area contributed by atoms with Gasteiger partial charge in [-0.15, -0.1) is 0 Å². The molecule has 0 aromatic heterocycles. The summed E-state index contributed by atoms with van der Waals surface area (Å²) in [7, 11) is 0. The van der Waals surface area contributed by atoms with E-state index < -0.39 is 0 Å². The molecule has 0 saturated heterocycles. The maximum Gasteiger partial charge on any atom is -0.0227 e. The smallest absolute Gasteiger partial charge is 0.0227 e. The maximum atomic E-state index is 4.12. The minimum atomic E-state index is 1.18. The van der Waals surface area contributed by atoms with Crippen molar-refractivity contribution < 1.29 is 0 Å². The summed E-state index contributed by atoms with van der Waals surface area (Å²) in [5.41, 5.74) is 5.64. The van der Waals surface area contributed by atoms with Gasteiger partial charge in [-0.1, -0.05) is 167 Å². The van der Waals surface area contributed by atoms with E-state index in [9.17, 15) is 0 Å². The third-order valence-electron chi connectivity index (χ3n) is 7.44. The van der Waals surface area contributed by atoms with Gasteiger partial charge < -0.3 is 0 Å². The number of hydrogen-bond donors (Lipinski definition) is 0. The fourth-order valence-electron chi connectivity index (χ4n) is 5.15. The zero-order valence-electron chi connectivity index (χ0n) is 23.3. The van der Waals surface area contributed by atoms with Crippen molar-refractivity contribution in [2.24, 2.45) is 0 Å². The van der Waals surface area contributed by atoms with Crippen LogP contribution in [0.5, 0.6) is 0 Å². The Morgan fingerprint density at radius 3 is 0.971 bits per heavy atom. The number of benzene rings is 1. The lowest BCUT2D eigenvalue weighted by Gasteiger charge is -2.13. The van der Waals surface area contributed by atoms with E-state index in [1.165, 1.54) is 164 Å². The van der Waals surface area contributed by atoms with Gasteiger partial charge in [0.25, 0.3) is 0 Å². The first-order valence-corrected chi connectivity index (χ1v) is 15.2. The largest absolute Gasteiger partial charge is 0.0985 e. The van der Waals surface area contributed by atoms with Gasteiger partial charge in [-0.2, -0.15) is 0 Å². The topological polar surface area (TPSA) is 0 Å². The van der Waals surface area contributed by atoms with Crippen LogP contribution in [-0.4, -0.2) is 0 Å². The Morgan fingerprint density at radius 2 is 0.706 bits per heavy atom. The van der Waals surface area contributed by atoms with Gasteiger partial charge in [0.05, 0.1) is 0 Å². The van der Waals surface area contributed by atoms with Crippen molar-refractivity contribution in [2.45, 2.75) is 155 Å². The number of aryl methyl sites for hydroxylation is 2. The molecule has 0 bridgehead atoms. The molecule has 1 aromatic rings. The molecule has 0 aliphatic heterocycles. The monoisotopic (exact) mass is 466 g/mol. The Bertz CT molecular complexity index is 567. The summed E-state index contributed by atoms with van der Waals surface area (Å²) in [5, 5.41) is 0. The first kappa shape index (κ1) is 30.7. The second kappa shape index (κ2) is 22.2. The van der Waals surface area contributed by atoms with Crippen molar-refractivity contribution >= 4 is 12.2 Å². The van der Waals surface area contributed by atoms with Gasteiger partial charge in [0, 0.05) is 0 Å². The molecule has 0 aliphatic carbocycles. The molecule has 0 aliphatic rings. The number of rotatable bonds is 24. The Hall–Kier alpha value is -1.30. The number of unbranched alkanes of at least 4 members (excludes halogenated alkanes) is 18. The van der Waals surface area contributed by atoms with Gasteiger partial charge in [0.15, 0.2) is 0 Å². The Labute approximate surface area is 214 Å². The van der Waals surface area contributed by atoms with E-state index in [1.54, 1.807) is 0 Å². The van der Waals surface area contributed by atoms with Crippen molar-refractivity contribution in [3.8, 4) is 0 Å². The molecule has 0 radical (unpaired) electrons. The van der Waals surface area contributed by atoms with Crippen molar-refractivity contribution in [3.63, 3.8) is 0 Å².